The van der Waals surface area contributed by atoms with Crippen molar-refractivity contribution in [1.29, 1.82) is 0 Å². The van der Waals surface area contributed by atoms with E-state index in [1.807, 2.05) is 72.8 Å². The first-order chi connectivity index (χ1) is 37.4. The molecule has 0 spiro atoms. The van der Waals surface area contributed by atoms with Crippen LogP contribution >= 0.6 is 0 Å². The summed E-state index contributed by atoms with van der Waals surface area (Å²) < 4.78 is 37.8. The van der Waals surface area contributed by atoms with E-state index in [0.29, 0.717) is 35.4 Å². The summed E-state index contributed by atoms with van der Waals surface area (Å²) in [5.74, 6) is -0.444. The predicted octanol–water partition coefficient (Wildman–Crippen LogP) is 9.57. The Balaban J connectivity index is 0.000000169. The number of hydrogen-bond acceptors (Lipinski definition) is 13. The van der Waals surface area contributed by atoms with Gasteiger partial charge in [0.1, 0.15) is 42.5 Å². The van der Waals surface area contributed by atoms with Crippen LogP contribution in [0.1, 0.15) is 99.0 Å². The van der Waals surface area contributed by atoms with Crippen LogP contribution in [0.3, 0.4) is 0 Å². The van der Waals surface area contributed by atoms with Gasteiger partial charge in [0.2, 0.25) is 0 Å². The van der Waals surface area contributed by atoms with Gasteiger partial charge < -0.3 is 55.3 Å². The number of aliphatic hydroxyl groups excluding tert-OH is 2. The molecule has 416 valence electrons. The van der Waals surface area contributed by atoms with Crippen molar-refractivity contribution in [3.05, 3.63) is 178 Å². The monoisotopic (exact) mass is 1080 g/mol. The molecule has 2 saturated carbocycles. The van der Waals surface area contributed by atoms with Crippen molar-refractivity contribution in [3.63, 3.8) is 0 Å². The number of benzene rings is 6. The topological polar surface area (TPSA) is 201 Å². The number of hydrogen-bond donors (Lipinski definition) is 5. The normalized spacial score (nSPS) is 17.6. The van der Waals surface area contributed by atoms with Crippen LogP contribution in [0.2, 0.25) is 0 Å². The van der Waals surface area contributed by atoms with E-state index in [0.717, 1.165) is 115 Å². The number of ether oxygens (including phenoxy) is 2. The summed E-state index contributed by atoms with van der Waals surface area (Å²) in [4.78, 5) is 39.3. The highest BCUT2D eigenvalue weighted by Crippen LogP contribution is 2.32. The zero-order chi connectivity index (χ0) is 53.4. The summed E-state index contributed by atoms with van der Waals surface area (Å²) in [6, 6.07) is 37.7. The number of carboxylic acid groups (broad SMARTS) is 1. The summed E-state index contributed by atoms with van der Waals surface area (Å²) >= 11 is 0. The minimum Gasteiger partial charge on any atom is -0.490 e. The summed E-state index contributed by atoms with van der Waals surface area (Å²) in [6.45, 7) is 5.83. The van der Waals surface area contributed by atoms with Crippen LogP contribution in [0.25, 0.3) is 22.3 Å². The summed E-state index contributed by atoms with van der Waals surface area (Å²) in [5, 5.41) is 41.2. The standard InChI is InChI=1S/C30H30FN3O4.C15H10FNO3.C15H22N2O2.2CH4/c31-23-7-2-19(3-8-23)21-6-13-26-22(16-21)18-37-33-28(26)30(36)32-27(17-34-14-1-15-34)29(35)20-4-9-24(10-5-20)38-25-11-12-25;16-12-4-1-9(2-5-12)10-3-6-13-11(7-10)8-20-17-14(13)15(18)19;16-14(10-17-8-1-9-17)15(18)11-2-4-12(5-3-11)19-13-6-7-13;;/h2-10,13,16,25,27,29,35H,1,11-12,14-15,17-18H2,(H,32,36);1-7H,8H2,(H,18,19);2-5,13-15,18H,1,6-10,16H2;2*1H4/t27-,29-;;14-,15-;;/m1.1../s1. The highest BCUT2D eigenvalue weighted by molar-refractivity contribution is 6.45. The van der Waals surface area contributed by atoms with Crippen molar-refractivity contribution in [2.45, 2.75) is 103 Å². The van der Waals surface area contributed by atoms with Gasteiger partial charge in [0, 0.05) is 41.4 Å². The number of fused-ring (bicyclic) bond motifs is 2. The Bertz CT molecular complexity index is 3070. The van der Waals surface area contributed by atoms with Crippen LogP contribution in [0.15, 0.2) is 144 Å². The smallest absolute Gasteiger partial charge is 0.358 e. The number of halogens is 2. The Morgan fingerprint density at radius 3 is 1.44 bits per heavy atom. The summed E-state index contributed by atoms with van der Waals surface area (Å²) in [6.07, 6.45) is 6.04. The number of oxime groups is 2. The maximum Gasteiger partial charge on any atom is 0.358 e. The molecule has 79 heavy (non-hydrogen) atoms. The Labute approximate surface area is 460 Å². The second-order valence-electron chi connectivity index (χ2n) is 20.2. The number of likely N-dealkylation sites (tertiary alicyclic amines) is 2. The van der Waals surface area contributed by atoms with Gasteiger partial charge >= 0.3 is 5.97 Å². The zero-order valence-corrected chi connectivity index (χ0v) is 42.5. The summed E-state index contributed by atoms with van der Waals surface area (Å²) in [7, 11) is 0. The van der Waals surface area contributed by atoms with Crippen LogP contribution in [0, 0.1) is 11.6 Å². The van der Waals surface area contributed by atoms with E-state index >= 15 is 0 Å². The maximum absolute atomic E-state index is 13.5. The molecule has 6 aromatic rings. The molecule has 1 amide bonds. The lowest BCUT2D eigenvalue weighted by atomic mass is 9.95. The molecule has 0 radical (unpaired) electrons. The Morgan fingerprint density at radius 1 is 0.595 bits per heavy atom. The van der Waals surface area contributed by atoms with Gasteiger partial charge in [-0.3, -0.25) is 4.79 Å². The lowest BCUT2D eigenvalue weighted by molar-refractivity contribution is -0.129. The second-order valence-corrected chi connectivity index (χ2v) is 20.2. The van der Waals surface area contributed by atoms with Crippen molar-refractivity contribution in [2.24, 2.45) is 16.0 Å². The molecule has 4 heterocycles. The van der Waals surface area contributed by atoms with Crippen LogP contribution in [0.4, 0.5) is 8.78 Å². The third-order valence-corrected chi connectivity index (χ3v) is 14.3. The molecule has 4 fully saturated rings. The molecule has 0 aromatic heterocycles. The lowest BCUT2D eigenvalue weighted by Gasteiger charge is -2.36. The van der Waals surface area contributed by atoms with Gasteiger partial charge in [-0.2, -0.15) is 0 Å². The molecule has 6 N–H and O–H groups in total. The van der Waals surface area contributed by atoms with E-state index in [-0.39, 0.29) is 57.2 Å². The molecular weight excluding hydrogens is 1010 g/mol. The van der Waals surface area contributed by atoms with Gasteiger partial charge in [0.25, 0.3) is 5.91 Å². The molecule has 4 atom stereocenters. The number of aliphatic hydroxyl groups is 2. The molecule has 2 saturated heterocycles. The molecule has 0 unspecified atom stereocenters. The number of nitrogens with two attached hydrogens (primary N) is 1. The van der Waals surface area contributed by atoms with E-state index in [1.54, 1.807) is 36.4 Å². The number of rotatable bonds is 17. The number of carboxylic acids is 1. The first kappa shape index (κ1) is 57.6. The predicted molar refractivity (Wildman–Crippen MR) is 300 cm³/mol. The van der Waals surface area contributed by atoms with Crippen LogP contribution in [-0.4, -0.2) is 112 Å². The number of carbonyl (C=O) groups is 2. The third kappa shape index (κ3) is 15.0. The number of carbonyl (C=O) groups excluding carboxylic acids is 1. The van der Waals surface area contributed by atoms with E-state index in [1.165, 1.54) is 30.7 Å². The molecule has 17 heteroatoms. The minimum absolute atomic E-state index is 0. The Morgan fingerprint density at radius 2 is 1.01 bits per heavy atom. The van der Waals surface area contributed by atoms with Gasteiger partial charge in [-0.05, 0) is 159 Å². The van der Waals surface area contributed by atoms with Crippen molar-refractivity contribution in [2.75, 3.05) is 39.3 Å². The zero-order valence-electron chi connectivity index (χ0n) is 42.5. The lowest BCUT2D eigenvalue weighted by Crippen LogP contribution is -2.52. The van der Waals surface area contributed by atoms with Crippen LogP contribution in [0.5, 0.6) is 11.5 Å². The number of nitrogens with one attached hydrogen (secondary N) is 1. The molecule has 15 nitrogen and oxygen atoms in total. The number of aliphatic carboxylic acids is 1. The Hall–Kier alpha value is -7.54. The highest BCUT2D eigenvalue weighted by Gasteiger charge is 2.32. The van der Waals surface area contributed by atoms with Gasteiger partial charge in [-0.1, -0.05) is 98.0 Å². The minimum atomic E-state index is -1.12. The van der Waals surface area contributed by atoms with Crippen molar-refractivity contribution < 1.29 is 52.8 Å². The second kappa shape index (κ2) is 26.4. The van der Waals surface area contributed by atoms with Crippen molar-refractivity contribution in [1.82, 2.24) is 15.1 Å². The van der Waals surface area contributed by atoms with Gasteiger partial charge in [0.05, 0.1) is 24.4 Å². The molecular formula is C62H70F2N6O9. The molecule has 2 aliphatic carbocycles. The molecule has 4 aliphatic heterocycles. The van der Waals surface area contributed by atoms with Crippen LogP contribution < -0.4 is 20.5 Å². The Kier molecular flexibility index (Phi) is 19.3. The average Bonchev–Trinajstić information content (AvgIpc) is 4.41. The van der Waals surface area contributed by atoms with Crippen molar-refractivity contribution >= 4 is 23.3 Å². The molecule has 6 aromatic carbocycles. The van der Waals surface area contributed by atoms with E-state index < -0.39 is 30.1 Å². The van der Waals surface area contributed by atoms with Gasteiger partial charge in [-0.15, -0.1) is 0 Å². The maximum atomic E-state index is 13.5. The highest BCUT2D eigenvalue weighted by atomic mass is 19.1. The first-order valence-corrected chi connectivity index (χ1v) is 26.2. The van der Waals surface area contributed by atoms with E-state index in [9.17, 15) is 28.6 Å². The fourth-order valence-electron chi connectivity index (χ4n) is 9.27. The van der Waals surface area contributed by atoms with E-state index in [2.05, 4.69) is 25.4 Å². The third-order valence-electron chi connectivity index (χ3n) is 14.3. The largest absolute Gasteiger partial charge is 0.490 e. The average molecular weight is 1080 g/mol. The SMILES string of the molecule is C.C.N[C@H](CN1CCC1)[C@H](O)c1ccc(OC2CC2)cc1.O=C(N[C@H](CN1CCC1)[C@H](O)c1ccc(OC2CC2)cc1)C1=NOCc2cc(-c3ccc(F)cc3)ccc21.O=C(O)C1=NOCc2cc(-c3ccc(F)cc3)ccc21. The van der Waals surface area contributed by atoms with Gasteiger partial charge in [-0.25, -0.2) is 13.6 Å². The fourth-order valence-corrected chi connectivity index (χ4v) is 9.27. The number of nitrogens with zero attached hydrogens (tertiary/aromatic N) is 4. The first-order valence-electron chi connectivity index (χ1n) is 26.2. The molecule has 12 rings (SSSR count). The van der Waals surface area contributed by atoms with E-state index in [4.69, 9.17) is 30.0 Å². The van der Waals surface area contributed by atoms with Crippen LogP contribution in [-0.2, 0) is 32.5 Å². The summed E-state index contributed by atoms with van der Waals surface area (Å²) in [5.41, 5.74) is 14.0. The van der Waals surface area contributed by atoms with Gasteiger partial charge in [0.15, 0.2) is 11.4 Å². The fraction of sp³-hybridized carbons (Fsp3) is 0.355. The molecule has 0 bridgehead atoms. The van der Waals surface area contributed by atoms with Crippen molar-refractivity contribution in [3.8, 4) is 33.8 Å². The number of amides is 1. The molecule has 6 aliphatic rings. The quantitative estimate of drug-likeness (QED) is 0.0580.